The summed E-state index contributed by atoms with van der Waals surface area (Å²) in [5.41, 5.74) is 5.26. The van der Waals surface area contributed by atoms with Gasteiger partial charge in [0.25, 0.3) is 0 Å². The van der Waals surface area contributed by atoms with Gasteiger partial charge in [-0.05, 0) is 108 Å². The zero-order valence-electron chi connectivity index (χ0n) is 21.8. The average Bonchev–Trinajstić information content (AvgIpc) is 3.26. The first-order valence-electron chi connectivity index (χ1n) is 13.4. The molecular weight excluding hydrogens is 558 g/mol. The van der Waals surface area contributed by atoms with E-state index in [0.29, 0.717) is 18.4 Å². The number of allylic oxidation sites excluding steroid dienone is 1. The van der Waals surface area contributed by atoms with Crippen LogP contribution in [0.25, 0.3) is 11.1 Å². The van der Waals surface area contributed by atoms with E-state index >= 15 is 0 Å². The lowest BCUT2D eigenvalue weighted by Crippen LogP contribution is -2.26. The molecule has 0 bridgehead atoms. The van der Waals surface area contributed by atoms with Gasteiger partial charge < -0.3 is 14.6 Å². The molecule has 1 aliphatic heterocycles. The van der Waals surface area contributed by atoms with Crippen molar-refractivity contribution >= 4 is 22.7 Å². The van der Waals surface area contributed by atoms with Crippen molar-refractivity contribution in [1.82, 2.24) is 4.90 Å². The molecule has 9 heteroatoms. The highest BCUT2D eigenvalue weighted by atomic mass is 35.5. The van der Waals surface area contributed by atoms with Gasteiger partial charge in [0.1, 0.15) is 23.4 Å². The summed E-state index contributed by atoms with van der Waals surface area (Å²) in [5, 5.41) is 10.3. The third kappa shape index (κ3) is 7.54. The normalized spacial score (nSPS) is 17.5. The lowest BCUT2D eigenvalue weighted by atomic mass is 9.87. The summed E-state index contributed by atoms with van der Waals surface area (Å²) >= 11 is 6.55. The van der Waals surface area contributed by atoms with Crippen LogP contribution < -0.4 is 9.47 Å². The highest BCUT2D eigenvalue weighted by Crippen LogP contribution is 2.43. The number of halogens is 5. The standard InChI is InChI=1S/C31H30ClF4NO3.CH4/c32-29-18-24(40-31(34,35)36)10-12-27(29)28-4-1-3-21-17-22(38)7-11-26(21)30(28)20-5-8-23(9-6-20)39-25-13-16-37(19-25)15-2-14-33;/h5-12,17-18,25,38H,1-4,13-16,19H2;1H4/t25-;/m0./s1. The van der Waals surface area contributed by atoms with E-state index in [9.17, 15) is 22.7 Å². The number of nitrogens with zero attached hydrogens (tertiary/aromatic N) is 1. The van der Waals surface area contributed by atoms with Crippen molar-refractivity contribution in [3.05, 3.63) is 87.9 Å². The first kappa shape index (κ1) is 30.7. The van der Waals surface area contributed by atoms with E-state index in [1.54, 1.807) is 18.2 Å². The molecule has 220 valence electrons. The third-order valence-corrected chi connectivity index (χ3v) is 7.63. The molecule has 1 atom stereocenters. The summed E-state index contributed by atoms with van der Waals surface area (Å²) in [6.45, 7) is 2.06. The fourth-order valence-corrected chi connectivity index (χ4v) is 5.87. The van der Waals surface area contributed by atoms with Crippen LogP contribution in [0.3, 0.4) is 0 Å². The van der Waals surface area contributed by atoms with Crippen molar-refractivity contribution in [2.45, 2.75) is 52.0 Å². The number of hydrogen-bond acceptors (Lipinski definition) is 4. The fourth-order valence-electron chi connectivity index (χ4n) is 5.58. The van der Waals surface area contributed by atoms with E-state index in [2.05, 4.69) is 9.64 Å². The summed E-state index contributed by atoms with van der Waals surface area (Å²) in [6.07, 6.45) is -1.22. The Morgan fingerprint density at radius 1 is 0.951 bits per heavy atom. The highest BCUT2D eigenvalue weighted by molar-refractivity contribution is 6.33. The third-order valence-electron chi connectivity index (χ3n) is 7.31. The minimum atomic E-state index is -4.81. The Bertz CT molecular complexity index is 1370. The molecule has 3 aromatic carbocycles. The topological polar surface area (TPSA) is 41.9 Å². The second-order valence-electron chi connectivity index (χ2n) is 10.1. The Balaban J connectivity index is 0.00000387. The number of aryl methyl sites for hydroxylation is 1. The number of rotatable bonds is 8. The molecule has 2 aliphatic rings. The maximum Gasteiger partial charge on any atom is 0.573 e. The number of aromatic hydroxyl groups is 1. The van der Waals surface area contributed by atoms with E-state index in [1.807, 2.05) is 30.3 Å². The van der Waals surface area contributed by atoms with Crippen molar-refractivity contribution in [2.75, 3.05) is 26.3 Å². The van der Waals surface area contributed by atoms with Crippen molar-refractivity contribution in [2.24, 2.45) is 0 Å². The van der Waals surface area contributed by atoms with E-state index < -0.39 is 6.36 Å². The van der Waals surface area contributed by atoms with Gasteiger partial charge in [-0.15, -0.1) is 13.2 Å². The van der Waals surface area contributed by atoms with Crippen molar-refractivity contribution in [3.63, 3.8) is 0 Å². The van der Waals surface area contributed by atoms with Crippen LogP contribution in [0.5, 0.6) is 17.2 Å². The molecule has 0 aromatic heterocycles. The summed E-state index contributed by atoms with van der Waals surface area (Å²) in [5.74, 6) is 0.530. The van der Waals surface area contributed by atoms with Gasteiger partial charge in [-0.3, -0.25) is 9.29 Å². The molecule has 1 aliphatic carbocycles. The molecule has 1 saturated heterocycles. The Labute approximate surface area is 243 Å². The summed E-state index contributed by atoms with van der Waals surface area (Å²) in [7, 11) is 0. The second-order valence-corrected chi connectivity index (χ2v) is 10.5. The highest BCUT2D eigenvalue weighted by Gasteiger charge is 2.31. The molecule has 4 nitrogen and oxygen atoms in total. The van der Waals surface area contributed by atoms with E-state index in [4.69, 9.17) is 16.3 Å². The Kier molecular flexibility index (Phi) is 9.87. The van der Waals surface area contributed by atoms with Gasteiger partial charge in [0.05, 0.1) is 11.7 Å². The number of phenols is 1. The zero-order chi connectivity index (χ0) is 28.3. The quantitative estimate of drug-likeness (QED) is 0.266. The zero-order valence-corrected chi connectivity index (χ0v) is 22.6. The molecule has 0 saturated carbocycles. The molecule has 41 heavy (non-hydrogen) atoms. The number of ether oxygens (including phenoxy) is 2. The van der Waals surface area contributed by atoms with Crippen LogP contribution in [0.4, 0.5) is 17.6 Å². The molecule has 0 amide bonds. The summed E-state index contributed by atoms with van der Waals surface area (Å²) < 4.78 is 61.1. The monoisotopic (exact) mass is 591 g/mol. The minimum absolute atomic E-state index is 0. The van der Waals surface area contributed by atoms with Crippen molar-refractivity contribution < 1.29 is 32.1 Å². The molecule has 5 rings (SSSR count). The Hall–Kier alpha value is -3.23. The van der Waals surface area contributed by atoms with Crippen LogP contribution in [-0.2, 0) is 6.42 Å². The molecule has 0 unspecified atom stereocenters. The van der Waals surface area contributed by atoms with Gasteiger partial charge in [-0.25, -0.2) is 0 Å². The summed E-state index contributed by atoms with van der Waals surface area (Å²) in [4.78, 5) is 2.21. The van der Waals surface area contributed by atoms with Gasteiger partial charge in [0, 0.05) is 19.6 Å². The lowest BCUT2D eigenvalue weighted by molar-refractivity contribution is -0.274. The maximum atomic E-state index is 12.8. The maximum absolute atomic E-state index is 12.8. The van der Waals surface area contributed by atoms with Crippen LogP contribution in [0.2, 0.25) is 5.02 Å². The average molecular weight is 592 g/mol. The smallest absolute Gasteiger partial charge is 0.508 e. The molecular formula is C32H34ClF4NO3. The SMILES string of the molecule is C.Oc1ccc2c(c1)CCCC(c1ccc(OC(F)(F)F)cc1Cl)=C2c1ccc(O[C@H]2CCN(CCCF)C2)cc1. The minimum Gasteiger partial charge on any atom is -0.508 e. The van der Waals surface area contributed by atoms with Gasteiger partial charge in [-0.1, -0.05) is 37.2 Å². The molecule has 0 radical (unpaired) electrons. The number of benzene rings is 3. The van der Waals surface area contributed by atoms with Gasteiger partial charge >= 0.3 is 6.36 Å². The van der Waals surface area contributed by atoms with Crippen LogP contribution >= 0.6 is 11.6 Å². The molecule has 1 heterocycles. The first-order chi connectivity index (χ1) is 19.2. The van der Waals surface area contributed by atoms with Crippen LogP contribution in [0.1, 0.15) is 55.4 Å². The van der Waals surface area contributed by atoms with Gasteiger partial charge in [0.2, 0.25) is 0 Å². The lowest BCUT2D eigenvalue weighted by Gasteiger charge is -2.19. The van der Waals surface area contributed by atoms with E-state index in [1.165, 1.54) is 12.1 Å². The largest absolute Gasteiger partial charge is 0.573 e. The number of likely N-dealkylation sites (tertiary alicyclic amines) is 1. The molecule has 0 spiro atoms. The summed E-state index contributed by atoms with van der Waals surface area (Å²) in [6, 6.07) is 17.1. The fraction of sp³-hybridized carbons (Fsp3) is 0.375. The van der Waals surface area contributed by atoms with Gasteiger partial charge in [0.15, 0.2) is 0 Å². The first-order valence-corrected chi connectivity index (χ1v) is 13.7. The van der Waals surface area contributed by atoms with Crippen LogP contribution in [-0.4, -0.2) is 48.8 Å². The van der Waals surface area contributed by atoms with Crippen LogP contribution in [0.15, 0.2) is 60.7 Å². The molecule has 1 N–H and O–H groups in total. The number of hydrogen-bond donors (Lipinski definition) is 1. The number of fused-ring (bicyclic) bond motifs is 1. The van der Waals surface area contributed by atoms with Crippen molar-refractivity contribution in [3.8, 4) is 17.2 Å². The van der Waals surface area contributed by atoms with Crippen LogP contribution in [0, 0.1) is 0 Å². The molecule has 3 aromatic rings. The van der Waals surface area contributed by atoms with Gasteiger partial charge in [-0.2, -0.15) is 0 Å². The number of alkyl halides is 4. The Morgan fingerprint density at radius 2 is 1.68 bits per heavy atom. The number of phenolic OH excluding ortho intramolecular Hbond substituents is 1. The predicted octanol–water partition coefficient (Wildman–Crippen LogP) is 8.69. The second kappa shape index (κ2) is 13.2. The van der Waals surface area contributed by atoms with E-state index in [-0.39, 0.29) is 36.7 Å². The Morgan fingerprint density at radius 3 is 2.39 bits per heavy atom. The van der Waals surface area contributed by atoms with Crippen molar-refractivity contribution in [1.29, 1.82) is 0 Å². The molecule has 1 fully saturated rings. The van der Waals surface area contributed by atoms with E-state index in [0.717, 1.165) is 72.5 Å². The predicted molar refractivity (Wildman–Crippen MR) is 154 cm³/mol.